The first-order valence-electron chi connectivity index (χ1n) is 34.4. The second-order valence-electron chi connectivity index (χ2n) is 28.6. The van der Waals surface area contributed by atoms with Gasteiger partial charge in [0.05, 0.1) is 163 Å². The molecule has 0 aromatic carbocycles. The molecule has 3 fully saturated rings. The molecule has 0 unspecified atom stereocenters. The summed E-state index contributed by atoms with van der Waals surface area (Å²) in [6.07, 6.45) is 4.27. The number of aldehydes is 1. The summed E-state index contributed by atoms with van der Waals surface area (Å²) in [5, 5.41) is 98.9. The van der Waals surface area contributed by atoms with E-state index in [1.807, 2.05) is 30.3 Å². The topological polar surface area (TPSA) is 395 Å². The molecule has 0 spiro atoms. The maximum atomic E-state index is 14.2. The lowest BCUT2D eigenvalue weighted by molar-refractivity contribution is -0.125. The number of nitriles is 3. The molecule has 33 heteroatoms. The minimum atomic E-state index is -4.27. The summed E-state index contributed by atoms with van der Waals surface area (Å²) < 4.78 is 84.6. The van der Waals surface area contributed by atoms with Crippen molar-refractivity contribution < 1.29 is 65.9 Å². The smallest absolute Gasteiger partial charge is 0.396 e. The monoisotopic (exact) mass is 1480 g/mol. The van der Waals surface area contributed by atoms with Crippen LogP contribution in [-0.2, 0) is 4.79 Å². The number of hydrogen-bond donors (Lipinski definition) is 11. The fourth-order valence-corrected chi connectivity index (χ4v) is 12.0. The van der Waals surface area contributed by atoms with Crippen molar-refractivity contribution in [2.75, 3.05) is 55.3 Å². The normalized spacial score (nSPS) is 18.5. The van der Waals surface area contributed by atoms with Gasteiger partial charge in [0.1, 0.15) is 43.0 Å². The van der Waals surface area contributed by atoms with Gasteiger partial charge in [-0.15, -0.1) is 0 Å². The van der Waals surface area contributed by atoms with E-state index < -0.39 is 72.3 Å². The number of rotatable bonds is 26. The van der Waals surface area contributed by atoms with E-state index in [2.05, 4.69) is 79.6 Å². The zero-order valence-electron chi connectivity index (χ0n) is 59.2. The summed E-state index contributed by atoms with van der Waals surface area (Å²) in [4.78, 5) is 62.9. The van der Waals surface area contributed by atoms with Gasteiger partial charge < -0.3 is 62.4 Å². The summed E-state index contributed by atoms with van der Waals surface area (Å²) in [7, 11) is 0. The Hall–Kier alpha value is -11.2. The zero-order valence-corrected chi connectivity index (χ0v) is 59.2. The number of aromatic nitrogens is 9. The first kappa shape index (κ1) is 78.4. The Morgan fingerprint density at radius 3 is 1.12 bits per heavy atom. The third-order valence-electron chi connectivity index (χ3n) is 18.7. The highest BCUT2D eigenvalue weighted by molar-refractivity contribution is 6.01. The van der Waals surface area contributed by atoms with E-state index in [4.69, 9.17) is 15.8 Å². The molecule has 9 heterocycles. The van der Waals surface area contributed by atoms with E-state index in [0.29, 0.717) is 99.1 Å². The average Bonchev–Trinajstić information content (AvgIpc) is 1.72. The minimum Gasteiger partial charge on any atom is -0.396 e. The zero-order chi connectivity index (χ0) is 77.3. The van der Waals surface area contributed by atoms with Gasteiger partial charge in [0, 0.05) is 49.2 Å². The number of fused-ring (bicyclic) bond motifs is 3. The maximum absolute atomic E-state index is 14.2. The standard InChI is InChI=1S/C26H29F4N7O2.C24H27FN6O3.C24H25FN6O3/c1-25(2,39)23(27)13-34-24(38)19-12-33-21(22-4-3-18-7-16(9-31)11-35-37(18)22)8-20(19)36-17-5-15(6-17)10-32-14-26(28,29)30;2*1-24(2,34)22(25)12-28-23(33)18-11-27-20(8-19(18)30-16-5-14(6-16)13-32)21-4-3-17-7-15(9-26)10-29-31(17)21/h3-4,7-8,11-12,15,17,23,32,39H,5-6,10,13-14H2,1-2H3,(H,33,36)(H,34,38);3-4,7-8,10-11,14,16,22,32,34H,5-6,12-13H2,1-2H3,(H,27,30)(H,28,33);3-4,7-8,10-11,13-14,16,22,34H,5-6,12H2,1-2H3,(H,27,30)(H,28,33)/t15?,17?,23-;2*14?,16?,22-/m111/s1. The van der Waals surface area contributed by atoms with Crippen LogP contribution in [0.25, 0.3) is 50.7 Å². The maximum Gasteiger partial charge on any atom is 0.401 e. The van der Waals surface area contributed by atoms with Crippen LogP contribution in [0.3, 0.4) is 0 Å². The van der Waals surface area contributed by atoms with Gasteiger partial charge in [0.2, 0.25) is 0 Å². The van der Waals surface area contributed by atoms with E-state index in [1.165, 1.54) is 78.7 Å². The van der Waals surface area contributed by atoms with Crippen molar-refractivity contribution in [2.24, 2.45) is 17.8 Å². The van der Waals surface area contributed by atoms with Crippen LogP contribution < -0.4 is 37.2 Å². The molecule has 3 aliphatic carbocycles. The molecule has 9 aromatic rings. The molecule has 562 valence electrons. The molecule has 3 aliphatic rings. The highest BCUT2D eigenvalue weighted by Gasteiger charge is 2.36. The van der Waals surface area contributed by atoms with E-state index in [0.717, 1.165) is 30.2 Å². The van der Waals surface area contributed by atoms with Gasteiger partial charge in [-0.25, -0.2) is 26.7 Å². The Morgan fingerprint density at radius 1 is 0.514 bits per heavy atom. The second kappa shape index (κ2) is 33.1. The van der Waals surface area contributed by atoms with Crippen molar-refractivity contribution in [3.8, 4) is 52.4 Å². The van der Waals surface area contributed by atoms with Gasteiger partial charge in [-0.05, 0) is 171 Å². The van der Waals surface area contributed by atoms with Crippen molar-refractivity contribution >= 4 is 57.6 Å². The number of carbonyl (C=O) groups excluding carboxylic acids is 4. The van der Waals surface area contributed by atoms with Gasteiger partial charge in [0.25, 0.3) is 17.7 Å². The lowest BCUT2D eigenvalue weighted by Crippen LogP contribution is -2.43. The predicted octanol–water partition coefficient (Wildman–Crippen LogP) is 8.23. The van der Waals surface area contributed by atoms with Crippen LogP contribution in [0, 0.1) is 51.7 Å². The molecule has 3 amide bonds. The average molecular weight is 1480 g/mol. The molecule has 0 aliphatic heterocycles. The highest BCUT2D eigenvalue weighted by Crippen LogP contribution is 2.37. The first-order chi connectivity index (χ1) is 50.7. The predicted molar refractivity (Wildman–Crippen MR) is 382 cm³/mol. The number of nitrogens with zero attached hydrogens (tertiary/aromatic N) is 12. The molecule has 0 bridgehead atoms. The molecule has 0 saturated heterocycles. The summed E-state index contributed by atoms with van der Waals surface area (Å²) in [5.74, 6) is -1.37. The van der Waals surface area contributed by atoms with Crippen molar-refractivity contribution in [1.82, 2.24) is 65.1 Å². The summed E-state index contributed by atoms with van der Waals surface area (Å²) in [6.45, 7) is 6.17. The van der Waals surface area contributed by atoms with Crippen LogP contribution in [0.4, 0.5) is 43.4 Å². The fourth-order valence-electron chi connectivity index (χ4n) is 12.0. The fraction of sp³-hybridized carbons (Fsp3) is 0.419. The van der Waals surface area contributed by atoms with Crippen molar-refractivity contribution in [1.29, 1.82) is 15.8 Å². The van der Waals surface area contributed by atoms with Crippen LogP contribution in [0.1, 0.15) is 128 Å². The van der Waals surface area contributed by atoms with Gasteiger partial charge in [0.15, 0.2) is 0 Å². The molecule has 11 N–H and O–H groups in total. The summed E-state index contributed by atoms with van der Waals surface area (Å²) in [5.41, 5.74) is 4.25. The minimum absolute atomic E-state index is 0.0109. The number of halogens is 6. The van der Waals surface area contributed by atoms with Crippen molar-refractivity contribution in [3.05, 3.63) is 143 Å². The number of amides is 3. The number of aliphatic hydroxyl groups is 4. The van der Waals surface area contributed by atoms with E-state index in [1.54, 1.807) is 62.1 Å². The molecule has 12 rings (SSSR count). The SMILES string of the molecule is CC(C)(O)[C@H](F)CNC(=O)c1cnc(-c2ccc3cc(C#N)cnn23)cc1NC1CC(C=O)C1.CC(C)(O)[C@H](F)CNC(=O)c1cnc(-c2ccc3cc(C#N)cnn23)cc1NC1CC(CNCC(F)(F)F)C1.CC(C)(O)[C@H](F)CNC(=O)c1cnc(-c2ccc3cc(C#N)cnn23)cc1NC1CC(CO)C1. The number of aliphatic hydroxyl groups excluding tert-OH is 1. The lowest BCUT2D eigenvalue weighted by Gasteiger charge is -2.37. The molecule has 0 radical (unpaired) electrons. The number of anilines is 3. The van der Waals surface area contributed by atoms with Crippen LogP contribution in [-0.4, -0.2) is 187 Å². The summed E-state index contributed by atoms with van der Waals surface area (Å²) >= 11 is 0. The Bertz CT molecular complexity index is 4830. The van der Waals surface area contributed by atoms with E-state index in [9.17, 15) is 65.9 Å². The summed E-state index contributed by atoms with van der Waals surface area (Å²) in [6, 6.07) is 27.2. The van der Waals surface area contributed by atoms with Crippen LogP contribution in [0.2, 0.25) is 0 Å². The molecule has 3 saturated carbocycles. The third kappa shape index (κ3) is 19.7. The largest absolute Gasteiger partial charge is 0.401 e. The second-order valence-corrected chi connectivity index (χ2v) is 28.6. The van der Waals surface area contributed by atoms with Crippen molar-refractivity contribution in [3.63, 3.8) is 0 Å². The third-order valence-corrected chi connectivity index (χ3v) is 18.7. The van der Waals surface area contributed by atoms with Crippen LogP contribution in [0.15, 0.2) is 110 Å². The quantitative estimate of drug-likeness (QED) is 0.0179. The van der Waals surface area contributed by atoms with E-state index >= 15 is 0 Å². The van der Waals surface area contributed by atoms with Gasteiger partial charge >= 0.3 is 6.18 Å². The molecule has 3 atom stereocenters. The van der Waals surface area contributed by atoms with Crippen molar-refractivity contribution in [2.45, 2.75) is 140 Å². The van der Waals surface area contributed by atoms with Crippen LogP contribution >= 0.6 is 0 Å². The number of hydrogen-bond acceptors (Lipinski definition) is 21. The Labute approximate surface area is 610 Å². The number of carbonyl (C=O) groups is 4. The van der Waals surface area contributed by atoms with E-state index in [-0.39, 0.29) is 78.8 Å². The van der Waals surface area contributed by atoms with Gasteiger partial charge in [-0.3, -0.25) is 29.3 Å². The Morgan fingerprint density at radius 2 is 0.832 bits per heavy atom. The van der Waals surface area contributed by atoms with Crippen LogP contribution in [0.5, 0.6) is 0 Å². The Kier molecular flexibility index (Phi) is 24.3. The molecular weight excluding hydrogens is 1400 g/mol. The highest BCUT2D eigenvalue weighted by atomic mass is 19.4. The molecule has 107 heavy (non-hydrogen) atoms. The number of alkyl halides is 6. The number of nitrogens with one attached hydrogen (secondary N) is 7. The number of pyridine rings is 3. The molecular formula is C74H81F6N19O8. The Balaban J connectivity index is 0.000000172. The van der Waals surface area contributed by atoms with Gasteiger partial charge in [-0.2, -0.15) is 44.3 Å². The van der Waals surface area contributed by atoms with Gasteiger partial charge in [-0.1, -0.05) is 0 Å². The lowest BCUT2D eigenvalue weighted by atomic mass is 9.80. The molecule has 9 aromatic heterocycles. The first-order valence-corrected chi connectivity index (χ1v) is 34.4. The molecule has 27 nitrogen and oxygen atoms in total.